The van der Waals surface area contributed by atoms with E-state index in [0.717, 1.165) is 32.0 Å². The Hall–Kier alpha value is -2.51. The van der Waals surface area contributed by atoms with Crippen LogP contribution < -0.4 is 10.6 Å². The van der Waals surface area contributed by atoms with Crippen molar-refractivity contribution in [1.82, 2.24) is 10.3 Å². The van der Waals surface area contributed by atoms with Crippen LogP contribution in [0.15, 0.2) is 60.7 Å². The molecule has 150 valence electrons. The number of anilines is 1. The largest absolute Gasteiger partial charge is 0.332 e. The molecule has 0 aliphatic heterocycles. The second-order valence-corrected chi connectivity index (χ2v) is 8.83. The highest BCUT2D eigenvalue weighted by atomic mass is 35.5. The average Bonchev–Trinajstić information content (AvgIpc) is 3.13. The van der Waals surface area contributed by atoms with Crippen LogP contribution in [-0.2, 0) is 0 Å². The van der Waals surface area contributed by atoms with E-state index in [9.17, 15) is 4.79 Å². The van der Waals surface area contributed by atoms with Gasteiger partial charge in [-0.2, -0.15) is 0 Å². The van der Waals surface area contributed by atoms with Gasteiger partial charge < -0.3 is 5.32 Å². The fraction of sp³-hybridized carbons (Fsp3) is 0.0455. The normalized spacial score (nSPS) is 10.8. The summed E-state index contributed by atoms with van der Waals surface area (Å²) < 4.78 is 1.15. The molecule has 0 radical (unpaired) electrons. The molecule has 1 aromatic heterocycles. The number of amides is 1. The van der Waals surface area contributed by atoms with Crippen molar-refractivity contribution in [2.45, 2.75) is 6.92 Å². The van der Waals surface area contributed by atoms with Crippen LogP contribution in [0.5, 0.6) is 0 Å². The number of carbonyl (C=O) groups excluding carboxylic acids is 1. The molecular weight excluding hydrogens is 457 g/mol. The first kappa shape index (κ1) is 20.8. The fourth-order valence-corrected chi connectivity index (χ4v) is 4.59. The number of thiazole rings is 1. The molecule has 0 aliphatic carbocycles. The number of nitrogens with zero attached hydrogens (tertiary/aromatic N) is 1. The highest BCUT2D eigenvalue weighted by Gasteiger charge is 2.13. The first-order chi connectivity index (χ1) is 14.4. The number of hydrogen-bond donors (Lipinski definition) is 2. The Morgan fingerprint density at radius 1 is 1.07 bits per heavy atom. The zero-order chi connectivity index (χ0) is 21.3. The molecule has 1 heterocycles. The molecule has 30 heavy (non-hydrogen) atoms. The Kier molecular flexibility index (Phi) is 6.01. The van der Waals surface area contributed by atoms with Crippen molar-refractivity contribution in [3.8, 4) is 10.6 Å². The molecule has 0 bridgehead atoms. The van der Waals surface area contributed by atoms with Gasteiger partial charge in [-0.05, 0) is 73.2 Å². The second-order valence-electron chi connectivity index (χ2n) is 6.55. The number of hydrogen-bond acceptors (Lipinski definition) is 4. The van der Waals surface area contributed by atoms with Gasteiger partial charge in [-0.25, -0.2) is 4.98 Å². The third-order valence-corrected chi connectivity index (χ3v) is 6.26. The van der Waals surface area contributed by atoms with E-state index in [1.54, 1.807) is 23.5 Å². The third-order valence-electron chi connectivity index (χ3n) is 4.42. The molecule has 0 saturated carbocycles. The summed E-state index contributed by atoms with van der Waals surface area (Å²) in [5, 5.41) is 7.56. The second kappa shape index (κ2) is 8.70. The number of halogens is 2. The minimum Gasteiger partial charge on any atom is -0.332 e. The van der Waals surface area contributed by atoms with Crippen LogP contribution >= 0.6 is 46.8 Å². The van der Waals surface area contributed by atoms with Gasteiger partial charge >= 0.3 is 0 Å². The van der Waals surface area contributed by atoms with Gasteiger partial charge in [0, 0.05) is 16.3 Å². The molecule has 0 atom stereocenters. The molecule has 0 unspecified atom stereocenters. The van der Waals surface area contributed by atoms with E-state index in [2.05, 4.69) is 16.7 Å². The van der Waals surface area contributed by atoms with Gasteiger partial charge in [-0.15, -0.1) is 11.3 Å². The van der Waals surface area contributed by atoms with Crippen LogP contribution in [0.25, 0.3) is 20.8 Å². The predicted octanol–water partition coefficient (Wildman–Crippen LogP) is 6.71. The van der Waals surface area contributed by atoms with Crippen LogP contribution in [0.3, 0.4) is 0 Å². The molecular formula is C22H15Cl2N3OS2. The van der Waals surface area contributed by atoms with Gasteiger partial charge in [-0.3, -0.25) is 10.1 Å². The van der Waals surface area contributed by atoms with E-state index >= 15 is 0 Å². The van der Waals surface area contributed by atoms with E-state index in [-0.39, 0.29) is 10.1 Å². The number of aryl methyl sites for hydroxylation is 1. The highest BCUT2D eigenvalue weighted by molar-refractivity contribution is 7.80. The lowest BCUT2D eigenvalue weighted by atomic mass is 10.1. The molecule has 0 spiro atoms. The summed E-state index contributed by atoms with van der Waals surface area (Å²) >= 11 is 18.9. The predicted molar refractivity (Wildman–Crippen MR) is 130 cm³/mol. The van der Waals surface area contributed by atoms with Gasteiger partial charge in [0.2, 0.25) is 0 Å². The number of benzene rings is 3. The average molecular weight is 472 g/mol. The van der Waals surface area contributed by atoms with Gasteiger partial charge in [0.15, 0.2) is 5.11 Å². The summed E-state index contributed by atoms with van der Waals surface area (Å²) in [5.41, 5.74) is 4.10. The first-order valence-corrected chi connectivity index (χ1v) is 10.9. The highest BCUT2D eigenvalue weighted by Crippen LogP contribution is 2.32. The van der Waals surface area contributed by atoms with Gasteiger partial charge in [0.25, 0.3) is 5.91 Å². The number of thiocarbonyl (C=S) groups is 1. The Labute approximate surface area is 192 Å². The maximum Gasteiger partial charge on any atom is 0.258 e. The molecule has 0 fully saturated rings. The molecule has 3 aromatic carbocycles. The molecule has 0 aliphatic rings. The van der Waals surface area contributed by atoms with E-state index in [1.807, 2.05) is 43.3 Å². The van der Waals surface area contributed by atoms with Crippen molar-refractivity contribution < 1.29 is 4.79 Å². The molecule has 4 rings (SSSR count). The molecule has 8 heteroatoms. The first-order valence-electron chi connectivity index (χ1n) is 8.95. The molecule has 4 nitrogen and oxygen atoms in total. The third kappa shape index (κ3) is 4.47. The molecule has 2 N–H and O–H groups in total. The molecule has 0 saturated heterocycles. The number of nitrogens with one attached hydrogen (secondary N) is 2. The van der Waals surface area contributed by atoms with E-state index in [1.165, 1.54) is 6.07 Å². The SMILES string of the molecule is Cc1cc(-c2nc3ccccc3s2)ccc1NC(=S)NC(=O)c1ccc(Cl)cc1Cl. The summed E-state index contributed by atoms with van der Waals surface area (Å²) in [5.74, 6) is -0.405. The van der Waals surface area contributed by atoms with Crippen molar-refractivity contribution in [3.63, 3.8) is 0 Å². The van der Waals surface area contributed by atoms with Gasteiger partial charge in [0.05, 0.1) is 20.8 Å². The van der Waals surface area contributed by atoms with Crippen molar-refractivity contribution in [2.75, 3.05) is 5.32 Å². The Morgan fingerprint density at radius 3 is 2.60 bits per heavy atom. The quantitative estimate of drug-likeness (QED) is 0.326. The smallest absolute Gasteiger partial charge is 0.258 e. The monoisotopic (exact) mass is 471 g/mol. The lowest BCUT2D eigenvalue weighted by Gasteiger charge is -2.13. The number of rotatable bonds is 3. The standard InChI is InChI=1S/C22H15Cl2N3OS2/c1-12-10-13(21-25-18-4-2-3-5-19(18)30-21)6-9-17(12)26-22(29)27-20(28)15-8-7-14(23)11-16(15)24/h2-11H,1H3,(H2,26,27,28,29). The van der Waals surface area contributed by atoms with Crippen LogP contribution in [0, 0.1) is 6.92 Å². The maximum atomic E-state index is 12.4. The van der Waals surface area contributed by atoms with E-state index in [0.29, 0.717) is 10.6 Å². The van der Waals surface area contributed by atoms with Crippen molar-refractivity contribution >= 4 is 73.7 Å². The summed E-state index contributed by atoms with van der Waals surface area (Å²) in [4.78, 5) is 17.1. The Morgan fingerprint density at radius 2 is 1.87 bits per heavy atom. The van der Waals surface area contributed by atoms with E-state index < -0.39 is 5.91 Å². The van der Waals surface area contributed by atoms with Crippen molar-refractivity contribution in [2.24, 2.45) is 0 Å². The van der Waals surface area contributed by atoms with Crippen molar-refractivity contribution in [3.05, 3.63) is 81.8 Å². The number of carbonyl (C=O) groups is 1. The van der Waals surface area contributed by atoms with Crippen LogP contribution in [0.2, 0.25) is 10.0 Å². The summed E-state index contributed by atoms with van der Waals surface area (Å²) in [6.07, 6.45) is 0. The molecule has 1 amide bonds. The Bertz CT molecular complexity index is 1250. The van der Waals surface area contributed by atoms with Crippen molar-refractivity contribution in [1.29, 1.82) is 0 Å². The lowest BCUT2D eigenvalue weighted by Crippen LogP contribution is -2.34. The Balaban J connectivity index is 1.48. The fourth-order valence-electron chi connectivity index (χ4n) is 2.93. The molecule has 4 aromatic rings. The van der Waals surface area contributed by atoms with E-state index in [4.69, 9.17) is 40.4 Å². The lowest BCUT2D eigenvalue weighted by molar-refractivity contribution is 0.0978. The minimum absolute atomic E-state index is 0.182. The van der Waals surface area contributed by atoms with Gasteiger partial charge in [0.1, 0.15) is 5.01 Å². The number of para-hydroxylation sites is 1. The van der Waals surface area contributed by atoms with Crippen LogP contribution in [0.1, 0.15) is 15.9 Å². The summed E-state index contributed by atoms with van der Waals surface area (Å²) in [6.45, 7) is 1.97. The minimum atomic E-state index is -0.405. The summed E-state index contributed by atoms with van der Waals surface area (Å²) in [7, 11) is 0. The van der Waals surface area contributed by atoms with Gasteiger partial charge in [-0.1, -0.05) is 35.3 Å². The number of aromatic nitrogens is 1. The zero-order valence-electron chi connectivity index (χ0n) is 15.7. The summed E-state index contributed by atoms with van der Waals surface area (Å²) in [6, 6.07) is 18.7. The van der Waals surface area contributed by atoms with Crippen LogP contribution in [-0.4, -0.2) is 16.0 Å². The zero-order valence-corrected chi connectivity index (χ0v) is 18.8. The topological polar surface area (TPSA) is 54.0 Å². The maximum absolute atomic E-state index is 12.4. The van der Waals surface area contributed by atoms with Crippen LogP contribution in [0.4, 0.5) is 5.69 Å². The number of fused-ring (bicyclic) bond motifs is 1.